The van der Waals surface area contributed by atoms with Crippen molar-refractivity contribution < 1.29 is 4.79 Å². The van der Waals surface area contributed by atoms with Crippen molar-refractivity contribution in [1.82, 2.24) is 9.80 Å². The molecule has 0 radical (unpaired) electrons. The van der Waals surface area contributed by atoms with Crippen molar-refractivity contribution in [2.75, 3.05) is 26.2 Å². The lowest BCUT2D eigenvalue weighted by molar-refractivity contribution is -0.134. The van der Waals surface area contributed by atoms with E-state index >= 15 is 0 Å². The van der Waals surface area contributed by atoms with Crippen molar-refractivity contribution in [2.45, 2.75) is 44.1 Å². The van der Waals surface area contributed by atoms with Crippen LogP contribution in [0.4, 0.5) is 0 Å². The van der Waals surface area contributed by atoms with Gasteiger partial charge in [0.1, 0.15) is 0 Å². The van der Waals surface area contributed by atoms with E-state index in [1.54, 1.807) is 0 Å². The highest BCUT2D eigenvalue weighted by molar-refractivity contribution is 6.31. The average molecular weight is 333 g/mol. The van der Waals surface area contributed by atoms with Gasteiger partial charge in [0.2, 0.25) is 5.91 Å². The first-order valence-corrected chi connectivity index (χ1v) is 9.39. The standard InChI is InChI=1S/C19H25ClN2O/c20-18-8-4-3-7-15(18)16-13-17(16)19(23)22-11-9-21(10-12-22)14-5-1-2-6-14/h3-4,7-8,14,16-17H,1-2,5-6,9-13H2. The predicted molar refractivity (Wildman–Crippen MR) is 92.7 cm³/mol. The molecule has 4 rings (SSSR count). The third kappa shape index (κ3) is 3.14. The summed E-state index contributed by atoms with van der Waals surface area (Å²) in [4.78, 5) is 17.4. The van der Waals surface area contributed by atoms with Crippen LogP contribution in [0, 0.1) is 5.92 Å². The minimum absolute atomic E-state index is 0.160. The Kier molecular flexibility index (Phi) is 4.33. The average Bonchev–Trinajstić information content (AvgIpc) is 3.18. The van der Waals surface area contributed by atoms with Gasteiger partial charge in [0.25, 0.3) is 0 Å². The van der Waals surface area contributed by atoms with Gasteiger partial charge in [-0.3, -0.25) is 9.69 Å². The van der Waals surface area contributed by atoms with Crippen LogP contribution in [0.25, 0.3) is 0 Å². The predicted octanol–water partition coefficient (Wildman–Crippen LogP) is 3.53. The zero-order valence-electron chi connectivity index (χ0n) is 13.6. The minimum atomic E-state index is 0.160. The number of hydrogen-bond donors (Lipinski definition) is 0. The minimum Gasteiger partial charge on any atom is -0.340 e. The molecule has 1 heterocycles. The molecule has 0 aromatic heterocycles. The molecular formula is C19H25ClN2O. The SMILES string of the molecule is O=C(C1CC1c1ccccc1Cl)N1CCN(C2CCCC2)CC1. The number of rotatable bonds is 3. The van der Waals surface area contributed by atoms with Crippen molar-refractivity contribution in [2.24, 2.45) is 5.92 Å². The van der Waals surface area contributed by atoms with Gasteiger partial charge in [0.15, 0.2) is 0 Å². The Morgan fingerprint density at radius 2 is 1.74 bits per heavy atom. The van der Waals surface area contributed by atoms with Gasteiger partial charge in [-0.25, -0.2) is 0 Å². The fraction of sp³-hybridized carbons (Fsp3) is 0.632. The van der Waals surface area contributed by atoms with Gasteiger partial charge in [-0.15, -0.1) is 0 Å². The monoisotopic (exact) mass is 332 g/mol. The van der Waals surface area contributed by atoms with E-state index < -0.39 is 0 Å². The summed E-state index contributed by atoms with van der Waals surface area (Å²) < 4.78 is 0. The van der Waals surface area contributed by atoms with Crippen LogP contribution in [0.15, 0.2) is 24.3 Å². The molecule has 4 heteroatoms. The Bertz CT molecular complexity index is 576. The number of hydrogen-bond acceptors (Lipinski definition) is 2. The summed E-state index contributed by atoms with van der Waals surface area (Å²) >= 11 is 6.28. The smallest absolute Gasteiger partial charge is 0.226 e. The van der Waals surface area contributed by atoms with E-state index in [1.807, 2.05) is 18.2 Å². The molecule has 0 bridgehead atoms. The zero-order chi connectivity index (χ0) is 15.8. The first-order valence-electron chi connectivity index (χ1n) is 9.01. The molecule has 1 aliphatic heterocycles. The van der Waals surface area contributed by atoms with Crippen LogP contribution in [0.5, 0.6) is 0 Å². The lowest BCUT2D eigenvalue weighted by Gasteiger charge is -2.38. The van der Waals surface area contributed by atoms with Crippen molar-refractivity contribution in [1.29, 1.82) is 0 Å². The second kappa shape index (κ2) is 6.45. The van der Waals surface area contributed by atoms with Crippen molar-refractivity contribution in [3.05, 3.63) is 34.9 Å². The topological polar surface area (TPSA) is 23.6 Å². The summed E-state index contributed by atoms with van der Waals surface area (Å²) in [5.41, 5.74) is 1.15. The molecule has 1 amide bonds. The van der Waals surface area contributed by atoms with Crippen LogP contribution in [0.2, 0.25) is 5.02 Å². The molecule has 3 nitrogen and oxygen atoms in total. The molecule has 1 saturated heterocycles. The first-order chi connectivity index (χ1) is 11.2. The summed E-state index contributed by atoms with van der Waals surface area (Å²) in [6.07, 6.45) is 6.43. The number of benzene rings is 1. The molecule has 2 atom stereocenters. The van der Waals surface area contributed by atoms with E-state index in [2.05, 4.69) is 15.9 Å². The van der Waals surface area contributed by atoms with Gasteiger partial charge < -0.3 is 4.90 Å². The van der Waals surface area contributed by atoms with Crippen LogP contribution in [0.3, 0.4) is 0 Å². The second-order valence-corrected chi connectivity index (χ2v) is 7.68. The molecular weight excluding hydrogens is 308 g/mol. The maximum Gasteiger partial charge on any atom is 0.226 e. The molecule has 124 valence electrons. The van der Waals surface area contributed by atoms with Gasteiger partial charge >= 0.3 is 0 Å². The molecule has 3 fully saturated rings. The lowest BCUT2D eigenvalue weighted by Crippen LogP contribution is -2.51. The normalized spacial score (nSPS) is 29.0. The molecule has 0 spiro atoms. The summed E-state index contributed by atoms with van der Waals surface area (Å²) in [5.74, 6) is 0.845. The van der Waals surface area contributed by atoms with E-state index in [-0.39, 0.29) is 5.92 Å². The van der Waals surface area contributed by atoms with Gasteiger partial charge in [-0.2, -0.15) is 0 Å². The molecule has 23 heavy (non-hydrogen) atoms. The molecule has 0 N–H and O–H groups in total. The number of nitrogens with zero attached hydrogens (tertiary/aromatic N) is 2. The van der Waals surface area contributed by atoms with Crippen molar-refractivity contribution in [3.8, 4) is 0 Å². The van der Waals surface area contributed by atoms with Gasteiger partial charge in [0, 0.05) is 43.2 Å². The Morgan fingerprint density at radius 3 is 2.43 bits per heavy atom. The molecule has 2 aliphatic carbocycles. The summed E-state index contributed by atoms with van der Waals surface area (Å²) in [5, 5.41) is 0.804. The first kappa shape index (κ1) is 15.5. The molecule has 2 saturated carbocycles. The van der Waals surface area contributed by atoms with E-state index in [1.165, 1.54) is 25.7 Å². The van der Waals surface area contributed by atoms with Gasteiger partial charge in [0.05, 0.1) is 0 Å². The number of carbonyl (C=O) groups excluding carboxylic acids is 1. The van der Waals surface area contributed by atoms with Crippen LogP contribution in [-0.4, -0.2) is 47.9 Å². The third-order valence-corrected chi connectivity index (χ3v) is 6.22. The molecule has 1 aromatic rings. The maximum absolute atomic E-state index is 12.7. The highest BCUT2D eigenvalue weighted by Crippen LogP contribution is 2.50. The highest BCUT2D eigenvalue weighted by Gasteiger charge is 2.47. The van der Waals surface area contributed by atoms with Crippen LogP contribution in [-0.2, 0) is 4.79 Å². The molecule has 2 unspecified atom stereocenters. The fourth-order valence-corrected chi connectivity index (χ4v) is 4.67. The third-order valence-electron chi connectivity index (χ3n) is 5.88. The Hall–Kier alpha value is -1.06. The summed E-state index contributed by atoms with van der Waals surface area (Å²) in [6, 6.07) is 8.74. The van der Waals surface area contributed by atoms with Gasteiger partial charge in [-0.1, -0.05) is 42.6 Å². The number of carbonyl (C=O) groups is 1. The lowest BCUT2D eigenvalue weighted by atomic mass is 10.1. The van der Waals surface area contributed by atoms with E-state index in [0.29, 0.717) is 11.8 Å². The Labute approximate surface area is 143 Å². The summed E-state index contributed by atoms with van der Waals surface area (Å²) in [7, 11) is 0. The van der Waals surface area contributed by atoms with E-state index in [0.717, 1.165) is 49.2 Å². The van der Waals surface area contributed by atoms with E-state index in [4.69, 9.17) is 11.6 Å². The van der Waals surface area contributed by atoms with Gasteiger partial charge in [-0.05, 0) is 36.8 Å². The van der Waals surface area contributed by atoms with Crippen molar-refractivity contribution in [3.63, 3.8) is 0 Å². The highest BCUT2D eigenvalue weighted by atomic mass is 35.5. The van der Waals surface area contributed by atoms with Crippen molar-refractivity contribution >= 4 is 17.5 Å². The number of amides is 1. The number of piperazine rings is 1. The molecule has 1 aromatic carbocycles. The van der Waals surface area contributed by atoms with Crippen LogP contribution < -0.4 is 0 Å². The Morgan fingerprint density at radius 1 is 1.04 bits per heavy atom. The molecule has 3 aliphatic rings. The van der Waals surface area contributed by atoms with Crippen LogP contribution in [0.1, 0.15) is 43.6 Å². The second-order valence-electron chi connectivity index (χ2n) is 7.27. The van der Waals surface area contributed by atoms with Crippen LogP contribution >= 0.6 is 11.6 Å². The maximum atomic E-state index is 12.7. The zero-order valence-corrected chi connectivity index (χ0v) is 14.3. The summed E-state index contributed by atoms with van der Waals surface area (Å²) in [6.45, 7) is 3.92. The largest absolute Gasteiger partial charge is 0.340 e. The quantitative estimate of drug-likeness (QED) is 0.845. The number of halogens is 1. The Balaban J connectivity index is 1.32. The fourth-order valence-electron chi connectivity index (χ4n) is 4.40. The van der Waals surface area contributed by atoms with E-state index in [9.17, 15) is 4.79 Å².